The minimum Gasteiger partial charge on any atom is -0.342 e. The minimum absolute atomic E-state index is 0.0106. The van der Waals surface area contributed by atoms with Gasteiger partial charge in [0.15, 0.2) is 11.6 Å². The summed E-state index contributed by atoms with van der Waals surface area (Å²) in [4.78, 5) is 28.2. The van der Waals surface area contributed by atoms with E-state index in [0.29, 0.717) is 0 Å². The molecule has 1 fully saturated rings. The average Bonchev–Trinajstić information content (AvgIpc) is 2.65. The Kier molecular flexibility index (Phi) is 3.08. The molecule has 22 heavy (non-hydrogen) atoms. The second-order valence-corrected chi connectivity index (χ2v) is 5.13. The maximum Gasteiger partial charge on any atom is 0.282 e. The van der Waals surface area contributed by atoms with E-state index in [4.69, 9.17) is 0 Å². The number of pyridine rings is 1. The van der Waals surface area contributed by atoms with Gasteiger partial charge >= 0.3 is 0 Å². The summed E-state index contributed by atoms with van der Waals surface area (Å²) >= 11 is 0. The summed E-state index contributed by atoms with van der Waals surface area (Å²) in [5.41, 5.74) is 2.70. The van der Waals surface area contributed by atoms with Crippen LogP contribution in [0.25, 0.3) is 0 Å². The Hall–Kier alpha value is -2.58. The predicted octanol–water partition coefficient (Wildman–Crippen LogP) is 1.32. The summed E-state index contributed by atoms with van der Waals surface area (Å²) < 4.78 is 39.4. The number of hydrogen-bond acceptors (Lipinski definition) is 5. The molecule has 116 valence electrons. The van der Waals surface area contributed by atoms with Gasteiger partial charge in [-0.2, -0.15) is 5.01 Å². The Morgan fingerprint density at radius 1 is 1.27 bits per heavy atom. The zero-order chi connectivity index (χ0) is 16.1. The molecule has 2 aliphatic heterocycles. The molecule has 6 nitrogen and oxygen atoms in total. The van der Waals surface area contributed by atoms with Crippen LogP contribution in [0, 0.1) is 5.82 Å². The van der Waals surface area contributed by atoms with Gasteiger partial charge in [-0.3, -0.25) is 15.0 Å². The molecular weight excluding hydrogens is 301 g/mol. The zero-order valence-electron chi connectivity index (χ0n) is 11.4. The van der Waals surface area contributed by atoms with Crippen molar-refractivity contribution in [1.82, 2.24) is 9.99 Å². The molecular formula is C13H11F3N4O2. The Balaban J connectivity index is 1.79. The Morgan fingerprint density at radius 3 is 2.50 bits per heavy atom. The number of rotatable bonds is 3. The summed E-state index contributed by atoms with van der Waals surface area (Å²) in [6, 6.07) is 2.25. The van der Waals surface area contributed by atoms with Gasteiger partial charge < -0.3 is 4.90 Å². The molecule has 1 aromatic heterocycles. The fourth-order valence-corrected chi connectivity index (χ4v) is 2.19. The highest BCUT2D eigenvalue weighted by atomic mass is 19.3. The van der Waals surface area contributed by atoms with Crippen LogP contribution >= 0.6 is 0 Å². The maximum atomic E-state index is 13.7. The van der Waals surface area contributed by atoms with Crippen molar-refractivity contribution in [2.75, 3.05) is 23.4 Å². The average molecular weight is 312 g/mol. The first-order valence-electron chi connectivity index (χ1n) is 6.39. The van der Waals surface area contributed by atoms with Gasteiger partial charge in [-0.15, -0.1) is 0 Å². The summed E-state index contributed by atoms with van der Waals surface area (Å²) in [6.07, 6.45) is 1.15. The first-order valence-corrected chi connectivity index (χ1v) is 6.39. The number of hydrogen-bond donors (Lipinski definition) is 1. The van der Waals surface area contributed by atoms with Crippen molar-refractivity contribution in [2.45, 2.75) is 12.8 Å². The second kappa shape index (κ2) is 4.72. The van der Waals surface area contributed by atoms with Crippen molar-refractivity contribution in [2.24, 2.45) is 0 Å². The lowest BCUT2D eigenvalue weighted by Crippen LogP contribution is -2.57. The fourth-order valence-electron chi connectivity index (χ4n) is 2.19. The standard InChI is InChI=1S/C13H11F3N4O2/c1-7-4-10(21)20(12(7)22)18-9-3-2-8(14)11(17-9)19-5-13(15,16)6-19/h2-4H,5-6H2,1H3,(H,17,18). The van der Waals surface area contributed by atoms with E-state index < -0.39 is 36.6 Å². The maximum absolute atomic E-state index is 13.7. The second-order valence-electron chi connectivity index (χ2n) is 5.13. The van der Waals surface area contributed by atoms with Crippen LogP contribution in [0.4, 0.5) is 24.8 Å². The van der Waals surface area contributed by atoms with Crippen LogP contribution in [-0.4, -0.2) is 40.8 Å². The van der Waals surface area contributed by atoms with Gasteiger partial charge in [0.2, 0.25) is 0 Å². The van der Waals surface area contributed by atoms with Crippen LogP contribution < -0.4 is 10.3 Å². The van der Waals surface area contributed by atoms with Gasteiger partial charge in [-0.25, -0.2) is 18.2 Å². The first kappa shape index (κ1) is 14.4. The van der Waals surface area contributed by atoms with E-state index >= 15 is 0 Å². The molecule has 2 aliphatic rings. The first-order chi connectivity index (χ1) is 10.3. The third-order valence-electron chi connectivity index (χ3n) is 3.30. The predicted molar refractivity (Wildman–Crippen MR) is 70.6 cm³/mol. The van der Waals surface area contributed by atoms with Crippen molar-refractivity contribution in [1.29, 1.82) is 0 Å². The summed E-state index contributed by atoms with van der Waals surface area (Å²) in [6.45, 7) is 0.235. The van der Waals surface area contributed by atoms with Gasteiger partial charge in [0.05, 0.1) is 13.1 Å². The number of alkyl halides is 2. The minimum atomic E-state index is -2.86. The van der Waals surface area contributed by atoms with Gasteiger partial charge in [0, 0.05) is 11.6 Å². The summed E-state index contributed by atoms with van der Waals surface area (Å²) in [5, 5.41) is 0.726. The molecule has 0 bridgehead atoms. The van der Waals surface area contributed by atoms with Crippen molar-refractivity contribution < 1.29 is 22.8 Å². The van der Waals surface area contributed by atoms with Crippen LogP contribution in [0.1, 0.15) is 6.92 Å². The summed E-state index contributed by atoms with van der Waals surface area (Å²) in [7, 11) is 0. The summed E-state index contributed by atoms with van der Waals surface area (Å²) in [5.74, 6) is -4.98. The topological polar surface area (TPSA) is 65.5 Å². The number of carbonyl (C=O) groups is 2. The molecule has 0 saturated carbocycles. The highest BCUT2D eigenvalue weighted by Gasteiger charge is 2.45. The van der Waals surface area contributed by atoms with E-state index in [0.717, 1.165) is 22.1 Å². The van der Waals surface area contributed by atoms with Crippen molar-refractivity contribution in [3.8, 4) is 0 Å². The van der Waals surface area contributed by atoms with Crippen LogP contribution in [0.3, 0.4) is 0 Å². The number of amides is 2. The molecule has 3 heterocycles. The molecule has 0 spiro atoms. The quantitative estimate of drug-likeness (QED) is 0.853. The van der Waals surface area contributed by atoms with E-state index in [2.05, 4.69) is 10.4 Å². The molecule has 2 amide bonds. The molecule has 0 unspecified atom stereocenters. The molecule has 0 radical (unpaired) electrons. The number of carbonyl (C=O) groups excluding carboxylic acids is 2. The van der Waals surface area contributed by atoms with Crippen LogP contribution in [-0.2, 0) is 9.59 Å². The Labute approximate surface area is 123 Å². The monoisotopic (exact) mass is 312 g/mol. The van der Waals surface area contributed by atoms with E-state index in [-0.39, 0.29) is 17.2 Å². The number of imide groups is 1. The number of halogens is 3. The number of nitrogens with one attached hydrogen (secondary N) is 1. The Bertz CT molecular complexity index is 697. The molecule has 9 heteroatoms. The molecule has 0 atom stereocenters. The highest BCUT2D eigenvalue weighted by Crippen LogP contribution is 2.32. The molecule has 0 aliphatic carbocycles. The number of nitrogens with zero attached hydrogens (tertiary/aromatic N) is 3. The van der Waals surface area contributed by atoms with E-state index in [1.807, 2.05) is 0 Å². The highest BCUT2D eigenvalue weighted by molar-refractivity contribution is 6.16. The van der Waals surface area contributed by atoms with Crippen LogP contribution in [0.5, 0.6) is 0 Å². The lowest BCUT2D eigenvalue weighted by Gasteiger charge is -2.39. The van der Waals surface area contributed by atoms with Gasteiger partial charge in [-0.1, -0.05) is 0 Å². The molecule has 1 saturated heterocycles. The zero-order valence-corrected chi connectivity index (χ0v) is 11.4. The van der Waals surface area contributed by atoms with Crippen LogP contribution in [0.15, 0.2) is 23.8 Å². The largest absolute Gasteiger partial charge is 0.342 e. The third kappa shape index (κ3) is 2.38. The molecule has 3 rings (SSSR count). The normalized spacial score (nSPS) is 20.1. The molecule has 1 aromatic rings. The van der Waals surface area contributed by atoms with Crippen LogP contribution in [0.2, 0.25) is 0 Å². The Morgan fingerprint density at radius 2 is 1.95 bits per heavy atom. The van der Waals surface area contributed by atoms with E-state index in [1.165, 1.54) is 13.0 Å². The van der Waals surface area contributed by atoms with Crippen molar-refractivity contribution in [3.63, 3.8) is 0 Å². The lowest BCUT2D eigenvalue weighted by molar-refractivity contribution is -0.135. The number of aromatic nitrogens is 1. The number of hydrazine groups is 1. The lowest BCUT2D eigenvalue weighted by atomic mass is 10.1. The molecule has 1 N–H and O–H groups in total. The van der Waals surface area contributed by atoms with Crippen molar-refractivity contribution >= 4 is 23.5 Å². The smallest absolute Gasteiger partial charge is 0.282 e. The molecule has 0 aromatic carbocycles. The SMILES string of the molecule is CC1=CC(=O)N(Nc2ccc(F)c(N3CC(F)(F)C3)n2)C1=O. The van der Waals surface area contributed by atoms with Gasteiger partial charge in [0.1, 0.15) is 5.82 Å². The third-order valence-corrected chi connectivity index (χ3v) is 3.30. The van der Waals surface area contributed by atoms with Gasteiger partial charge in [0.25, 0.3) is 17.7 Å². The van der Waals surface area contributed by atoms with E-state index in [9.17, 15) is 22.8 Å². The number of anilines is 2. The van der Waals surface area contributed by atoms with Gasteiger partial charge in [-0.05, 0) is 19.1 Å². The van der Waals surface area contributed by atoms with E-state index in [1.54, 1.807) is 0 Å². The van der Waals surface area contributed by atoms with Crippen molar-refractivity contribution in [3.05, 3.63) is 29.6 Å². The fraction of sp³-hybridized carbons (Fsp3) is 0.308.